The molecule has 0 bridgehead atoms. The predicted octanol–water partition coefficient (Wildman–Crippen LogP) is 3.00. The van der Waals surface area contributed by atoms with Gasteiger partial charge in [0.1, 0.15) is 0 Å². The summed E-state index contributed by atoms with van der Waals surface area (Å²) in [5.74, 6) is 2.87. The van der Waals surface area contributed by atoms with Gasteiger partial charge in [0, 0.05) is 6.42 Å². The zero-order valence-corrected chi connectivity index (χ0v) is 11.3. The summed E-state index contributed by atoms with van der Waals surface area (Å²) in [5, 5.41) is -0.392. The second kappa shape index (κ2) is 5.37. The first-order chi connectivity index (χ1) is 7.89. The lowest BCUT2D eigenvalue weighted by molar-refractivity contribution is 0.587. The van der Waals surface area contributed by atoms with Gasteiger partial charge in [0.05, 0.1) is 10.1 Å². The minimum atomic E-state index is -3.17. The van der Waals surface area contributed by atoms with Gasteiger partial charge < -0.3 is 0 Å². The highest BCUT2D eigenvalue weighted by Gasteiger charge is 2.18. The van der Waals surface area contributed by atoms with Crippen LogP contribution in [0.25, 0.3) is 0 Å². The van der Waals surface area contributed by atoms with Gasteiger partial charge in [0.15, 0.2) is 9.84 Å². The van der Waals surface area contributed by atoms with Crippen molar-refractivity contribution in [1.82, 2.24) is 0 Å². The molecule has 0 amide bonds. The molecule has 1 unspecified atom stereocenters. The van der Waals surface area contributed by atoms with Gasteiger partial charge in [-0.15, -0.1) is 12.3 Å². The average Bonchev–Trinajstić information content (AvgIpc) is 2.29. The first-order valence-electron chi connectivity index (χ1n) is 5.67. The lowest BCUT2D eigenvalue weighted by Crippen LogP contribution is -2.13. The molecule has 0 heterocycles. The molecule has 0 fully saturated rings. The molecule has 1 aromatic carbocycles. The van der Waals surface area contributed by atoms with Crippen LogP contribution in [-0.2, 0) is 9.84 Å². The van der Waals surface area contributed by atoms with Crippen molar-refractivity contribution in [2.24, 2.45) is 0 Å². The molecule has 0 spiro atoms. The highest BCUT2D eigenvalue weighted by Crippen LogP contribution is 2.22. The zero-order chi connectivity index (χ0) is 13.1. The van der Waals surface area contributed by atoms with Crippen LogP contribution in [0.5, 0.6) is 0 Å². The zero-order valence-electron chi connectivity index (χ0n) is 10.5. The van der Waals surface area contributed by atoms with E-state index in [2.05, 4.69) is 5.92 Å². The van der Waals surface area contributed by atoms with Crippen molar-refractivity contribution in [2.75, 3.05) is 0 Å². The molecule has 0 aliphatic heterocycles. The van der Waals surface area contributed by atoms with E-state index in [0.29, 0.717) is 11.3 Å². The fraction of sp³-hybridized carbons (Fsp3) is 0.429. The molecule has 1 rings (SSSR count). The smallest absolute Gasteiger partial charge is 0.180 e. The van der Waals surface area contributed by atoms with Crippen LogP contribution in [-0.4, -0.2) is 13.7 Å². The van der Waals surface area contributed by atoms with Crippen LogP contribution >= 0.6 is 0 Å². The van der Waals surface area contributed by atoms with Gasteiger partial charge in [0.2, 0.25) is 0 Å². The molecule has 0 saturated carbocycles. The number of benzene rings is 1. The number of terminal acetylenes is 1. The summed E-state index contributed by atoms with van der Waals surface area (Å²) in [6.45, 7) is 5.40. The second-order valence-electron chi connectivity index (χ2n) is 4.47. The monoisotopic (exact) mass is 250 g/mol. The van der Waals surface area contributed by atoms with Gasteiger partial charge in [-0.1, -0.05) is 19.1 Å². The molecule has 0 radical (unpaired) electrons. The third-order valence-electron chi connectivity index (χ3n) is 2.82. The van der Waals surface area contributed by atoms with E-state index >= 15 is 0 Å². The fourth-order valence-electron chi connectivity index (χ4n) is 1.55. The first kappa shape index (κ1) is 13.8. The van der Waals surface area contributed by atoms with Crippen LogP contribution < -0.4 is 0 Å². The van der Waals surface area contributed by atoms with Crippen LogP contribution in [0.15, 0.2) is 29.2 Å². The Kier molecular flexibility index (Phi) is 4.36. The Balaban J connectivity index is 3.01. The third-order valence-corrected chi connectivity index (χ3v) is 4.99. The molecule has 1 aromatic rings. The van der Waals surface area contributed by atoms with Crippen molar-refractivity contribution in [3.8, 4) is 12.3 Å². The van der Waals surface area contributed by atoms with Gasteiger partial charge in [-0.2, -0.15) is 0 Å². The van der Waals surface area contributed by atoms with Gasteiger partial charge >= 0.3 is 0 Å². The van der Waals surface area contributed by atoms with Gasteiger partial charge in [-0.25, -0.2) is 8.42 Å². The Morgan fingerprint density at radius 2 is 1.71 bits per heavy atom. The van der Waals surface area contributed by atoms with E-state index in [-0.39, 0.29) is 5.92 Å². The Hall–Kier alpha value is -1.27. The molecule has 0 aliphatic carbocycles. The Labute approximate surface area is 104 Å². The molecule has 17 heavy (non-hydrogen) atoms. The number of hydrogen-bond acceptors (Lipinski definition) is 2. The van der Waals surface area contributed by atoms with Crippen LogP contribution in [0.4, 0.5) is 0 Å². The molecule has 0 saturated heterocycles. The highest BCUT2D eigenvalue weighted by atomic mass is 32.2. The number of rotatable bonds is 4. The lowest BCUT2D eigenvalue weighted by Gasteiger charge is -2.11. The summed E-state index contributed by atoms with van der Waals surface area (Å²) in [7, 11) is -3.17. The standard InChI is InChI=1S/C14H18O2S/c1-5-6-12(4)13-7-9-14(10-8-13)17(15,16)11(2)3/h1,7-12H,6H2,2-4H3. The third kappa shape index (κ3) is 3.10. The van der Waals surface area contributed by atoms with E-state index in [1.54, 1.807) is 26.0 Å². The molecule has 0 aromatic heterocycles. The highest BCUT2D eigenvalue weighted by molar-refractivity contribution is 7.92. The van der Waals surface area contributed by atoms with E-state index in [1.165, 1.54) is 0 Å². The summed E-state index contributed by atoms with van der Waals surface area (Å²) in [6, 6.07) is 7.02. The molecule has 92 valence electrons. The van der Waals surface area contributed by atoms with E-state index in [9.17, 15) is 8.42 Å². The Morgan fingerprint density at radius 3 is 2.12 bits per heavy atom. The van der Waals surface area contributed by atoms with Crippen molar-refractivity contribution >= 4 is 9.84 Å². The fourth-order valence-corrected chi connectivity index (χ4v) is 2.61. The first-order valence-corrected chi connectivity index (χ1v) is 7.21. The predicted molar refractivity (Wildman–Crippen MR) is 70.6 cm³/mol. The van der Waals surface area contributed by atoms with Gasteiger partial charge in [-0.3, -0.25) is 0 Å². The number of hydrogen-bond donors (Lipinski definition) is 0. The summed E-state index contributed by atoms with van der Waals surface area (Å²) >= 11 is 0. The number of sulfone groups is 1. The quantitative estimate of drug-likeness (QED) is 0.770. The normalized spacial score (nSPS) is 13.4. The Bertz CT molecular complexity index is 504. The minimum absolute atomic E-state index is 0.260. The van der Waals surface area contributed by atoms with E-state index < -0.39 is 15.1 Å². The minimum Gasteiger partial charge on any atom is -0.223 e. The summed E-state index contributed by atoms with van der Waals surface area (Å²) in [4.78, 5) is 0.379. The molecule has 1 atom stereocenters. The maximum atomic E-state index is 11.9. The van der Waals surface area contributed by atoms with Crippen molar-refractivity contribution in [1.29, 1.82) is 0 Å². The van der Waals surface area contributed by atoms with Gasteiger partial charge in [0.25, 0.3) is 0 Å². The van der Waals surface area contributed by atoms with E-state index in [4.69, 9.17) is 6.42 Å². The molecule has 3 heteroatoms. The van der Waals surface area contributed by atoms with Crippen molar-refractivity contribution < 1.29 is 8.42 Å². The lowest BCUT2D eigenvalue weighted by atomic mass is 9.98. The van der Waals surface area contributed by atoms with Crippen molar-refractivity contribution in [3.63, 3.8) is 0 Å². The maximum absolute atomic E-state index is 11.9. The van der Waals surface area contributed by atoms with E-state index in [1.807, 2.05) is 19.1 Å². The molecular weight excluding hydrogens is 232 g/mol. The summed E-state index contributed by atoms with van der Waals surface area (Å²) < 4.78 is 23.8. The second-order valence-corrected chi connectivity index (χ2v) is 6.98. The summed E-state index contributed by atoms with van der Waals surface area (Å²) in [6.07, 6.45) is 5.92. The van der Waals surface area contributed by atoms with Crippen molar-refractivity contribution in [2.45, 2.75) is 43.3 Å². The molecule has 0 N–H and O–H groups in total. The van der Waals surface area contributed by atoms with Crippen molar-refractivity contribution in [3.05, 3.63) is 29.8 Å². The average molecular weight is 250 g/mol. The van der Waals surface area contributed by atoms with Crippen LogP contribution in [0, 0.1) is 12.3 Å². The molecule has 2 nitrogen and oxygen atoms in total. The molecular formula is C14H18O2S. The Morgan fingerprint density at radius 1 is 1.18 bits per heavy atom. The van der Waals surface area contributed by atoms with Crippen LogP contribution in [0.3, 0.4) is 0 Å². The topological polar surface area (TPSA) is 34.1 Å². The van der Waals surface area contributed by atoms with Crippen LogP contribution in [0.1, 0.15) is 38.7 Å². The van der Waals surface area contributed by atoms with E-state index in [0.717, 1.165) is 5.56 Å². The molecule has 0 aliphatic rings. The SMILES string of the molecule is C#CCC(C)c1ccc(S(=O)(=O)C(C)C)cc1. The van der Waals surface area contributed by atoms with Gasteiger partial charge in [-0.05, 0) is 37.5 Å². The largest absolute Gasteiger partial charge is 0.223 e. The maximum Gasteiger partial charge on any atom is 0.180 e. The summed E-state index contributed by atoms with van der Waals surface area (Å²) in [5.41, 5.74) is 1.07. The van der Waals surface area contributed by atoms with Crippen LogP contribution in [0.2, 0.25) is 0 Å².